The van der Waals surface area contributed by atoms with Crippen LogP contribution in [-0.2, 0) is 12.8 Å². The van der Waals surface area contributed by atoms with E-state index in [-0.39, 0.29) is 11.9 Å². The highest BCUT2D eigenvalue weighted by molar-refractivity contribution is 5.99. The molecule has 0 saturated heterocycles. The predicted octanol–water partition coefficient (Wildman–Crippen LogP) is 2.41. The van der Waals surface area contributed by atoms with Crippen LogP contribution in [0, 0.1) is 0 Å². The lowest BCUT2D eigenvalue weighted by Gasteiger charge is -2.14. The number of benzene rings is 1. The van der Waals surface area contributed by atoms with Crippen LogP contribution in [0.15, 0.2) is 42.7 Å². The maximum atomic E-state index is 12.5. The third-order valence-electron chi connectivity index (χ3n) is 3.82. The van der Waals surface area contributed by atoms with Crippen LogP contribution in [0.3, 0.4) is 0 Å². The number of rotatable bonds is 4. The number of pyridine rings is 1. The second-order valence-electron chi connectivity index (χ2n) is 5.30. The summed E-state index contributed by atoms with van der Waals surface area (Å²) in [6.07, 6.45) is 5.12. The zero-order valence-electron chi connectivity index (χ0n) is 12.1. The molecule has 2 aromatic rings. The van der Waals surface area contributed by atoms with Gasteiger partial charge in [-0.3, -0.25) is 9.78 Å². The average Bonchev–Trinajstić information content (AvgIpc) is 2.90. The smallest absolute Gasteiger partial charge is 0.255 e. The van der Waals surface area contributed by atoms with E-state index < -0.39 is 0 Å². The summed E-state index contributed by atoms with van der Waals surface area (Å²) < 4.78 is 0. The van der Waals surface area contributed by atoms with Crippen molar-refractivity contribution in [3.63, 3.8) is 0 Å². The molecule has 1 heterocycles. The fourth-order valence-electron chi connectivity index (χ4n) is 2.84. The quantitative estimate of drug-likeness (QED) is 0.905. The number of hydrogen-bond donors (Lipinski definition) is 2. The fraction of sp³-hybridized carbons (Fsp3) is 0.294. The first-order valence-electron chi connectivity index (χ1n) is 7.33. The zero-order chi connectivity index (χ0) is 14.7. The molecule has 0 bridgehead atoms. The van der Waals surface area contributed by atoms with Crippen molar-refractivity contribution in [2.45, 2.75) is 25.8 Å². The Kier molecular flexibility index (Phi) is 3.86. The summed E-state index contributed by atoms with van der Waals surface area (Å²) in [5.74, 6) is -0.0585. The largest absolute Gasteiger partial charge is 0.385 e. The first-order chi connectivity index (χ1) is 10.3. The Bertz CT molecular complexity index is 629. The molecular weight excluding hydrogens is 262 g/mol. The Labute approximate surface area is 124 Å². The number of anilines is 1. The second-order valence-corrected chi connectivity index (χ2v) is 5.30. The number of hydrogen-bond acceptors (Lipinski definition) is 3. The van der Waals surface area contributed by atoms with E-state index in [1.165, 1.54) is 11.1 Å². The van der Waals surface area contributed by atoms with Gasteiger partial charge in [0.05, 0.1) is 11.3 Å². The lowest BCUT2D eigenvalue weighted by Crippen LogP contribution is -2.35. The lowest BCUT2D eigenvalue weighted by atomic mass is 10.1. The number of nitrogens with zero attached hydrogens (tertiary/aromatic N) is 1. The number of amides is 1. The summed E-state index contributed by atoms with van der Waals surface area (Å²) in [6, 6.07) is 10.4. The molecule has 0 unspecified atom stereocenters. The number of carbonyl (C=O) groups is 1. The molecule has 2 N–H and O–H groups in total. The second kappa shape index (κ2) is 5.95. The van der Waals surface area contributed by atoms with Crippen LogP contribution in [0.1, 0.15) is 28.4 Å². The lowest BCUT2D eigenvalue weighted by molar-refractivity contribution is 0.0939. The van der Waals surface area contributed by atoms with Gasteiger partial charge in [-0.05, 0) is 37.0 Å². The Balaban J connectivity index is 1.71. The zero-order valence-corrected chi connectivity index (χ0v) is 12.1. The van der Waals surface area contributed by atoms with Crippen LogP contribution >= 0.6 is 0 Å². The molecule has 1 aliphatic carbocycles. The molecule has 0 radical (unpaired) electrons. The molecule has 4 nitrogen and oxygen atoms in total. The van der Waals surface area contributed by atoms with Gasteiger partial charge >= 0.3 is 0 Å². The highest BCUT2D eigenvalue weighted by atomic mass is 16.1. The van der Waals surface area contributed by atoms with Crippen molar-refractivity contribution in [3.05, 3.63) is 59.4 Å². The molecule has 0 aliphatic heterocycles. The van der Waals surface area contributed by atoms with E-state index in [2.05, 4.69) is 27.8 Å². The van der Waals surface area contributed by atoms with E-state index in [4.69, 9.17) is 0 Å². The molecule has 1 aromatic carbocycles. The van der Waals surface area contributed by atoms with Crippen molar-refractivity contribution in [1.29, 1.82) is 0 Å². The molecule has 108 valence electrons. The van der Waals surface area contributed by atoms with Crippen molar-refractivity contribution in [2.75, 3.05) is 11.9 Å². The number of nitrogens with one attached hydrogen (secondary N) is 2. The third-order valence-corrected chi connectivity index (χ3v) is 3.82. The molecule has 1 aromatic heterocycles. The van der Waals surface area contributed by atoms with E-state index in [9.17, 15) is 4.79 Å². The molecule has 4 heteroatoms. The van der Waals surface area contributed by atoms with Gasteiger partial charge in [-0.25, -0.2) is 0 Å². The Morgan fingerprint density at radius 3 is 2.62 bits per heavy atom. The summed E-state index contributed by atoms with van der Waals surface area (Å²) in [4.78, 5) is 16.5. The molecule has 0 saturated carbocycles. The normalized spacial score (nSPS) is 13.8. The van der Waals surface area contributed by atoms with Crippen molar-refractivity contribution < 1.29 is 4.79 Å². The van der Waals surface area contributed by atoms with Gasteiger partial charge in [0.2, 0.25) is 0 Å². The van der Waals surface area contributed by atoms with Gasteiger partial charge in [-0.15, -0.1) is 0 Å². The molecule has 0 spiro atoms. The van der Waals surface area contributed by atoms with Gasteiger partial charge < -0.3 is 10.6 Å². The minimum atomic E-state index is -0.0585. The van der Waals surface area contributed by atoms with Gasteiger partial charge in [0.25, 0.3) is 5.91 Å². The molecule has 1 aliphatic rings. The van der Waals surface area contributed by atoms with E-state index in [0.29, 0.717) is 5.56 Å². The Morgan fingerprint density at radius 2 is 1.95 bits per heavy atom. The summed E-state index contributed by atoms with van der Waals surface area (Å²) >= 11 is 0. The maximum absolute atomic E-state index is 12.5. The Morgan fingerprint density at radius 1 is 1.24 bits per heavy atom. The molecule has 21 heavy (non-hydrogen) atoms. The van der Waals surface area contributed by atoms with Gasteiger partial charge in [-0.1, -0.05) is 24.3 Å². The van der Waals surface area contributed by atoms with Gasteiger partial charge in [0, 0.05) is 25.0 Å². The number of fused-ring (bicyclic) bond motifs is 1. The summed E-state index contributed by atoms with van der Waals surface area (Å²) in [5, 5.41) is 6.32. The van der Waals surface area contributed by atoms with Crippen LogP contribution < -0.4 is 10.6 Å². The molecular formula is C17H19N3O. The minimum absolute atomic E-state index is 0.0585. The fourth-order valence-corrected chi connectivity index (χ4v) is 2.84. The van der Waals surface area contributed by atoms with Crippen LogP contribution in [0.25, 0.3) is 0 Å². The van der Waals surface area contributed by atoms with E-state index >= 15 is 0 Å². The standard InChI is InChI=1S/C17H19N3O/c1-2-19-16-7-8-18-11-15(16)17(21)20-14-9-12-5-3-4-6-13(12)10-14/h3-8,11,14H,2,9-10H2,1H3,(H,18,19)(H,20,21). The summed E-state index contributed by atoms with van der Waals surface area (Å²) in [5.41, 5.74) is 4.11. The first-order valence-corrected chi connectivity index (χ1v) is 7.33. The average molecular weight is 281 g/mol. The molecule has 0 atom stereocenters. The molecule has 0 fully saturated rings. The van der Waals surface area contributed by atoms with Crippen LogP contribution in [0.2, 0.25) is 0 Å². The van der Waals surface area contributed by atoms with Gasteiger partial charge in [-0.2, -0.15) is 0 Å². The van der Waals surface area contributed by atoms with Crippen molar-refractivity contribution in [2.24, 2.45) is 0 Å². The maximum Gasteiger partial charge on any atom is 0.255 e. The van der Waals surface area contributed by atoms with Crippen molar-refractivity contribution in [3.8, 4) is 0 Å². The Hall–Kier alpha value is -2.36. The van der Waals surface area contributed by atoms with Crippen LogP contribution in [0.5, 0.6) is 0 Å². The third kappa shape index (κ3) is 2.89. The van der Waals surface area contributed by atoms with Crippen molar-refractivity contribution >= 4 is 11.6 Å². The van der Waals surface area contributed by atoms with Crippen LogP contribution in [0.4, 0.5) is 5.69 Å². The van der Waals surface area contributed by atoms with Crippen LogP contribution in [-0.4, -0.2) is 23.5 Å². The molecule has 3 rings (SSSR count). The summed E-state index contributed by atoms with van der Waals surface area (Å²) in [6.45, 7) is 2.79. The summed E-state index contributed by atoms with van der Waals surface area (Å²) in [7, 11) is 0. The van der Waals surface area contributed by atoms with Gasteiger partial charge in [0.1, 0.15) is 0 Å². The highest BCUT2D eigenvalue weighted by Gasteiger charge is 2.23. The topological polar surface area (TPSA) is 54.0 Å². The van der Waals surface area contributed by atoms with Crippen molar-refractivity contribution in [1.82, 2.24) is 10.3 Å². The molecule has 1 amide bonds. The SMILES string of the molecule is CCNc1ccncc1C(=O)NC1Cc2ccccc2C1. The number of carbonyl (C=O) groups excluding carboxylic acids is 1. The number of aromatic nitrogens is 1. The minimum Gasteiger partial charge on any atom is -0.385 e. The highest BCUT2D eigenvalue weighted by Crippen LogP contribution is 2.22. The predicted molar refractivity (Wildman–Crippen MR) is 83.5 cm³/mol. The first kappa shape index (κ1) is 13.6. The van der Waals surface area contributed by atoms with E-state index in [0.717, 1.165) is 25.1 Å². The van der Waals surface area contributed by atoms with E-state index in [1.54, 1.807) is 12.4 Å². The monoisotopic (exact) mass is 281 g/mol. The van der Waals surface area contributed by atoms with Gasteiger partial charge in [0.15, 0.2) is 0 Å². The van der Waals surface area contributed by atoms with E-state index in [1.807, 2.05) is 25.1 Å².